The molecule has 0 aromatic heterocycles. The highest BCUT2D eigenvalue weighted by molar-refractivity contribution is 9.09. The Hall–Kier alpha value is 0.360. The Morgan fingerprint density at radius 3 is 1.87 bits per heavy atom. The summed E-state index contributed by atoms with van der Waals surface area (Å²) in [4.78, 5) is 0. The van der Waals surface area contributed by atoms with Gasteiger partial charge in [0.05, 0.1) is 15.1 Å². The summed E-state index contributed by atoms with van der Waals surface area (Å²) in [6, 6.07) is 1.99. The van der Waals surface area contributed by atoms with E-state index in [1.54, 1.807) is 0 Å². The summed E-state index contributed by atoms with van der Waals surface area (Å²) in [5.74, 6) is 0. The maximum Gasteiger partial charge on any atom is 0.286 e. The largest absolute Gasteiger partial charge is 0.286 e. The average molecular weight is 342 g/mol. The van der Waals surface area contributed by atoms with E-state index in [0.29, 0.717) is 0 Å². The van der Waals surface area contributed by atoms with Gasteiger partial charge in [0.1, 0.15) is 0 Å². The molecule has 15 heavy (non-hydrogen) atoms. The molecule has 0 aliphatic heterocycles. The smallest absolute Gasteiger partial charge is 0.220 e. The Morgan fingerprint density at radius 1 is 1.13 bits per heavy atom. The fourth-order valence-electron chi connectivity index (χ4n) is 0.874. The summed E-state index contributed by atoms with van der Waals surface area (Å²) in [5, 5.41) is -0.165. The second-order valence-electron chi connectivity index (χ2n) is 2.68. The molecule has 1 atom stereocenters. The summed E-state index contributed by atoms with van der Waals surface area (Å²) in [5.41, 5.74) is -0.378. The lowest BCUT2D eigenvalue weighted by Gasteiger charge is -2.18. The zero-order chi connectivity index (χ0) is 11.8. The molecule has 0 amide bonds. The van der Waals surface area contributed by atoms with Crippen LogP contribution in [0, 0.1) is 0 Å². The van der Waals surface area contributed by atoms with E-state index in [9.17, 15) is 13.2 Å². The van der Waals surface area contributed by atoms with Crippen LogP contribution >= 0.6 is 50.7 Å². The van der Waals surface area contributed by atoms with Crippen molar-refractivity contribution in [2.45, 2.75) is 11.0 Å². The molecule has 84 valence electrons. The molecule has 0 aliphatic carbocycles. The van der Waals surface area contributed by atoms with Gasteiger partial charge in [-0.05, 0) is 28.1 Å². The first-order valence-corrected chi connectivity index (χ1v) is 5.50. The molecule has 1 rings (SSSR count). The van der Waals surface area contributed by atoms with Crippen molar-refractivity contribution in [2.24, 2.45) is 0 Å². The van der Waals surface area contributed by atoms with Crippen LogP contribution in [0.25, 0.3) is 0 Å². The molecule has 0 fully saturated rings. The van der Waals surface area contributed by atoms with Crippen LogP contribution in [-0.2, 0) is 4.58 Å². The highest BCUT2D eigenvalue weighted by Gasteiger charge is 2.40. The van der Waals surface area contributed by atoms with E-state index >= 15 is 0 Å². The summed E-state index contributed by atoms with van der Waals surface area (Å²) in [6.07, 6.45) is -3.24. The third-order valence-corrected chi connectivity index (χ3v) is 3.64. The summed E-state index contributed by atoms with van der Waals surface area (Å²) < 4.78 is 35.1. The zero-order valence-corrected chi connectivity index (χ0v) is 10.7. The molecule has 0 radical (unpaired) electrons. The molecule has 0 nitrogen and oxygen atoms in total. The Labute approximate surface area is 107 Å². The standard InChI is InChI=1S/C8H3BrCl3F3/c9-8(15,7(13)14)3-1-4(10)6(12)5(11)2-3/h1-2,7H. The predicted octanol–water partition coefficient (Wildman–Crippen LogP) is 5.43. The normalized spacial score (nSPS) is 15.5. The van der Waals surface area contributed by atoms with Gasteiger partial charge in [-0.25, -0.2) is 13.2 Å². The molecule has 0 heterocycles. The SMILES string of the molecule is FC(F)C(F)(Br)c1cc(Cl)c(Cl)c(Cl)c1. The molecule has 1 aromatic carbocycles. The van der Waals surface area contributed by atoms with Gasteiger partial charge in [-0.2, -0.15) is 0 Å². The minimum atomic E-state index is -3.24. The number of hydrogen-bond donors (Lipinski definition) is 0. The lowest BCUT2D eigenvalue weighted by molar-refractivity contribution is 0.0301. The fourth-order valence-corrected chi connectivity index (χ4v) is 1.70. The van der Waals surface area contributed by atoms with Gasteiger partial charge in [-0.15, -0.1) is 0 Å². The monoisotopic (exact) mass is 340 g/mol. The van der Waals surface area contributed by atoms with E-state index in [-0.39, 0.29) is 20.6 Å². The number of benzene rings is 1. The molecular formula is C8H3BrCl3F3. The van der Waals surface area contributed by atoms with Gasteiger partial charge >= 0.3 is 0 Å². The van der Waals surface area contributed by atoms with E-state index in [1.807, 2.05) is 0 Å². The van der Waals surface area contributed by atoms with E-state index in [4.69, 9.17) is 34.8 Å². The van der Waals surface area contributed by atoms with Crippen LogP contribution in [0.2, 0.25) is 15.1 Å². The topological polar surface area (TPSA) is 0 Å². The zero-order valence-electron chi connectivity index (χ0n) is 6.88. The molecule has 0 bridgehead atoms. The fraction of sp³-hybridized carbons (Fsp3) is 0.250. The van der Waals surface area contributed by atoms with Crippen LogP contribution < -0.4 is 0 Å². The average Bonchev–Trinajstić information content (AvgIpc) is 2.13. The van der Waals surface area contributed by atoms with Crippen molar-refractivity contribution in [3.63, 3.8) is 0 Å². The quantitative estimate of drug-likeness (QED) is 0.497. The van der Waals surface area contributed by atoms with Crippen LogP contribution in [0.4, 0.5) is 13.2 Å². The van der Waals surface area contributed by atoms with Crippen LogP contribution in [0.1, 0.15) is 5.56 Å². The van der Waals surface area contributed by atoms with Crippen LogP contribution in [0.3, 0.4) is 0 Å². The first-order valence-electron chi connectivity index (χ1n) is 3.57. The molecule has 0 aliphatic rings. The molecule has 7 heteroatoms. The molecular weight excluding hydrogens is 339 g/mol. The van der Waals surface area contributed by atoms with Gasteiger partial charge in [0.15, 0.2) is 0 Å². The lowest BCUT2D eigenvalue weighted by Crippen LogP contribution is -2.21. The van der Waals surface area contributed by atoms with E-state index in [2.05, 4.69) is 15.9 Å². The van der Waals surface area contributed by atoms with Crippen LogP contribution in [-0.4, -0.2) is 6.43 Å². The molecule has 0 N–H and O–H groups in total. The van der Waals surface area contributed by atoms with E-state index in [0.717, 1.165) is 12.1 Å². The second kappa shape index (κ2) is 4.70. The number of rotatable bonds is 2. The Kier molecular flexibility index (Phi) is 4.20. The highest BCUT2D eigenvalue weighted by atomic mass is 79.9. The van der Waals surface area contributed by atoms with Gasteiger partial charge in [-0.3, -0.25) is 0 Å². The van der Waals surface area contributed by atoms with Crippen molar-refractivity contribution >= 4 is 50.7 Å². The molecule has 0 saturated heterocycles. The van der Waals surface area contributed by atoms with E-state index < -0.39 is 11.0 Å². The third-order valence-electron chi connectivity index (χ3n) is 1.64. The summed E-state index contributed by atoms with van der Waals surface area (Å²) in [6.45, 7) is 0. The number of halogens is 7. The molecule has 0 spiro atoms. The van der Waals surface area contributed by atoms with Crippen molar-refractivity contribution in [2.75, 3.05) is 0 Å². The number of hydrogen-bond acceptors (Lipinski definition) is 0. The Bertz CT molecular complexity index is 358. The van der Waals surface area contributed by atoms with Crippen molar-refractivity contribution in [1.82, 2.24) is 0 Å². The minimum absolute atomic E-state index is 0.000324. The van der Waals surface area contributed by atoms with Crippen molar-refractivity contribution in [3.8, 4) is 0 Å². The molecule has 1 aromatic rings. The van der Waals surface area contributed by atoms with Gasteiger partial charge < -0.3 is 0 Å². The third kappa shape index (κ3) is 2.73. The predicted molar refractivity (Wildman–Crippen MR) is 59.2 cm³/mol. The van der Waals surface area contributed by atoms with Gasteiger partial charge in [0, 0.05) is 5.56 Å². The first-order chi connectivity index (χ1) is 6.76. The Morgan fingerprint density at radius 2 is 1.53 bits per heavy atom. The van der Waals surface area contributed by atoms with Crippen molar-refractivity contribution in [1.29, 1.82) is 0 Å². The molecule has 1 unspecified atom stereocenters. The maximum atomic E-state index is 13.4. The number of alkyl halides is 4. The van der Waals surface area contributed by atoms with Gasteiger partial charge in [0.2, 0.25) is 4.58 Å². The van der Waals surface area contributed by atoms with Crippen molar-refractivity contribution in [3.05, 3.63) is 32.8 Å². The van der Waals surface area contributed by atoms with E-state index in [1.165, 1.54) is 0 Å². The van der Waals surface area contributed by atoms with Crippen LogP contribution in [0.5, 0.6) is 0 Å². The van der Waals surface area contributed by atoms with Crippen LogP contribution in [0.15, 0.2) is 12.1 Å². The first kappa shape index (κ1) is 13.4. The van der Waals surface area contributed by atoms with Crippen molar-refractivity contribution < 1.29 is 13.2 Å². The van der Waals surface area contributed by atoms with Gasteiger partial charge in [0.25, 0.3) is 6.43 Å². The minimum Gasteiger partial charge on any atom is -0.220 e. The second-order valence-corrected chi connectivity index (χ2v) is 5.02. The summed E-state index contributed by atoms with van der Waals surface area (Å²) in [7, 11) is 0. The van der Waals surface area contributed by atoms with Gasteiger partial charge in [-0.1, -0.05) is 34.8 Å². The summed E-state index contributed by atoms with van der Waals surface area (Å²) >= 11 is 19.0. The molecule has 0 saturated carbocycles. The maximum absolute atomic E-state index is 13.4. The lowest BCUT2D eigenvalue weighted by atomic mass is 10.1. The highest BCUT2D eigenvalue weighted by Crippen LogP contribution is 2.43. The Balaban J connectivity index is 3.28.